The lowest BCUT2D eigenvalue weighted by Gasteiger charge is -2.14. The van der Waals surface area contributed by atoms with Crippen molar-refractivity contribution in [1.29, 1.82) is 0 Å². The zero-order valence-corrected chi connectivity index (χ0v) is 17.9. The number of aryl methyl sites for hydroxylation is 1. The van der Waals surface area contributed by atoms with Crippen molar-refractivity contribution in [2.75, 3.05) is 18.4 Å². The lowest BCUT2D eigenvalue weighted by Crippen LogP contribution is -2.30. The predicted octanol–water partition coefficient (Wildman–Crippen LogP) is 4.74. The fourth-order valence-corrected chi connectivity index (χ4v) is 4.07. The van der Waals surface area contributed by atoms with Gasteiger partial charge in [-0.15, -0.1) is 0 Å². The molecule has 154 valence electrons. The molecule has 0 saturated carbocycles. The quantitative estimate of drug-likeness (QED) is 0.263. The summed E-state index contributed by atoms with van der Waals surface area (Å²) in [6, 6.07) is 16.2. The standard InChI is InChI=1S/C25H23N5O/c1-4-30(5-2)17-13-16(3)23-21(14-17)31-22-15-20(28-25-26-11-8-12-27-25)18-9-6-7-10-19(18)24(22)29-23/h6-15H,4-5H2,1-3H3/p+1. The summed E-state index contributed by atoms with van der Waals surface area (Å²) >= 11 is 0. The van der Waals surface area contributed by atoms with E-state index >= 15 is 0 Å². The second-order valence-electron chi connectivity index (χ2n) is 7.51. The van der Waals surface area contributed by atoms with E-state index < -0.39 is 0 Å². The molecule has 0 bridgehead atoms. The largest absolute Gasteiger partial charge is 0.452 e. The molecule has 0 atom stereocenters. The molecule has 5 rings (SSSR count). The van der Waals surface area contributed by atoms with Crippen LogP contribution in [0.4, 0.5) is 11.6 Å². The van der Waals surface area contributed by atoms with Crippen molar-refractivity contribution in [2.45, 2.75) is 20.8 Å². The fraction of sp³-hybridized carbons (Fsp3) is 0.200. The van der Waals surface area contributed by atoms with Crippen LogP contribution in [0.2, 0.25) is 0 Å². The number of aromatic nitrogens is 3. The molecule has 31 heavy (non-hydrogen) atoms. The first-order chi connectivity index (χ1) is 15.2. The Kier molecular flexibility index (Phi) is 4.82. The molecule has 0 spiro atoms. The van der Waals surface area contributed by atoms with Gasteiger partial charge in [-0.05, 0) is 32.4 Å². The van der Waals surface area contributed by atoms with Gasteiger partial charge in [0.15, 0.2) is 11.3 Å². The normalized spacial score (nSPS) is 11.3. The van der Waals surface area contributed by atoms with E-state index in [4.69, 9.17) is 9.40 Å². The summed E-state index contributed by atoms with van der Waals surface area (Å²) in [5.41, 5.74) is 4.45. The van der Waals surface area contributed by atoms with Gasteiger partial charge in [-0.1, -0.05) is 24.3 Å². The van der Waals surface area contributed by atoms with Gasteiger partial charge in [0.1, 0.15) is 24.3 Å². The van der Waals surface area contributed by atoms with Crippen LogP contribution in [0.15, 0.2) is 65.3 Å². The number of nitrogens with one attached hydrogen (secondary N) is 1. The molecule has 3 aromatic rings. The first kappa shape index (κ1) is 19.2. The summed E-state index contributed by atoms with van der Waals surface area (Å²) in [6.45, 7) is 8.30. The van der Waals surface area contributed by atoms with Gasteiger partial charge in [-0.2, -0.15) is 0 Å². The minimum Gasteiger partial charge on any atom is -0.452 e. The van der Waals surface area contributed by atoms with Gasteiger partial charge in [0.25, 0.3) is 0 Å². The first-order valence-corrected chi connectivity index (χ1v) is 10.6. The molecule has 0 unspecified atom stereocenters. The average Bonchev–Trinajstić information content (AvgIpc) is 2.80. The van der Waals surface area contributed by atoms with Crippen LogP contribution < -0.4 is 15.2 Å². The zero-order chi connectivity index (χ0) is 21.4. The van der Waals surface area contributed by atoms with E-state index in [1.165, 1.54) is 0 Å². The number of nitrogens with zero attached hydrogens (tertiary/aromatic N) is 4. The van der Waals surface area contributed by atoms with Crippen molar-refractivity contribution in [2.24, 2.45) is 0 Å². The molecule has 6 nitrogen and oxygen atoms in total. The minimum atomic E-state index is 0.542. The molecule has 2 aliphatic rings. The van der Waals surface area contributed by atoms with Gasteiger partial charge in [-0.25, -0.2) is 19.5 Å². The van der Waals surface area contributed by atoms with Crippen LogP contribution in [0.5, 0.6) is 0 Å². The SMILES string of the molecule is CC[N+](CC)=c1cc2oc3cc(Nc4ncccn4)c4ccccc4c3nc-2c(C)c1. The molecular weight excluding hydrogens is 386 g/mol. The number of anilines is 2. The number of rotatable bonds is 4. The van der Waals surface area contributed by atoms with Gasteiger partial charge < -0.3 is 9.73 Å². The third kappa shape index (κ3) is 3.40. The highest BCUT2D eigenvalue weighted by Crippen LogP contribution is 2.35. The molecule has 0 saturated heterocycles. The molecule has 0 radical (unpaired) electrons. The Morgan fingerprint density at radius 2 is 1.68 bits per heavy atom. The summed E-state index contributed by atoms with van der Waals surface area (Å²) < 4.78 is 8.74. The van der Waals surface area contributed by atoms with E-state index in [0.717, 1.165) is 63.0 Å². The Morgan fingerprint density at radius 3 is 2.42 bits per heavy atom. The van der Waals surface area contributed by atoms with Crippen LogP contribution in [0.1, 0.15) is 19.4 Å². The van der Waals surface area contributed by atoms with Crippen molar-refractivity contribution in [3.05, 3.63) is 71.8 Å². The van der Waals surface area contributed by atoms with Crippen molar-refractivity contribution in [1.82, 2.24) is 19.5 Å². The van der Waals surface area contributed by atoms with E-state index in [0.29, 0.717) is 5.95 Å². The maximum absolute atomic E-state index is 6.42. The summed E-state index contributed by atoms with van der Waals surface area (Å²) in [4.78, 5) is 13.6. The third-order valence-electron chi connectivity index (χ3n) is 5.62. The monoisotopic (exact) mass is 410 g/mol. The van der Waals surface area contributed by atoms with Crippen molar-refractivity contribution in [3.63, 3.8) is 0 Å². The number of fused-ring (bicyclic) bond motifs is 4. The minimum absolute atomic E-state index is 0.542. The third-order valence-corrected chi connectivity index (χ3v) is 5.62. The van der Waals surface area contributed by atoms with Crippen molar-refractivity contribution < 1.29 is 4.42 Å². The highest BCUT2D eigenvalue weighted by Gasteiger charge is 2.18. The summed E-state index contributed by atoms with van der Waals surface area (Å²) in [6.07, 6.45) is 3.44. The lowest BCUT2D eigenvalue weighted by molar-refractivity contribution is 0.599. The Bertz CT molecular complexity index is 1430. The van der Waals surface area contributed by atoms with Crippen LogP contribution in [-0.4, -0.2) is 28.0 Å². The fourth-order valence-electron chi connectivity index (χ4n) is 4.07. The molecule has 1 aromatic heterocycles. The van der Waals surface area contributed by atoms with Crippen LogP contribution >= 0.6 is 0 Å². The average molecular weight is 411 g/mol. The van der Waals surface area contributed by atoms with E-state index in [9.17, 15) is 0 Å². The molecule has 1 aliphatic heterocycles. The van der Waals surface area contributed by atoms with E-state index in [1.54, 1.807) is 18.5 Å². The molecule has 2 aromatic carbocycles. The molecule has 2 heterocycles. The Labute approximate surface area is 180 Å². The van der Waals surface area contributed by atoms with Crippen LogP contribution in [0.3, 0.4) is 0 Å². The van der Waals surface area contributed by atoms with Crippen molar-refractivity contribution in [3.8, 4) is 11.5 Å². The Morgan fingerprint density at radius 1 is 0.935 bits per heavy atom. The molecule has 0 fully saturated rings. The maximum Gasteiger partial charge on any atom is 0.227 e. The second kappa shape index (κ2) is 7.80. The number of hydrogen-bond donors (Lipinski definition) is 1. The summed E-state index contributed by atoms with van der Waals surface area (Å²) in [5.74, 6) is 1.33. The van der Waals surface area contributed by atoms with Crippen LogP contribution in [0.25, 0.3) is 33.3 Å². The molecular formula is C25H24N5O+. The van der Waals surface area contributed by atoms with Gasteiger partial charge in [-0.3, -0.25) is 0 Å². The smallest absolute Gasteiger partial charge is 0.227 e. The van der Waals surface area contributed by atoms with E-state index in [2.05, 4.69) is 64.9 Å². The molecule has 1 N–H and O–H groups in total. The second-order valence-corrected chi connectivity index (χ2v) is 7.51. The first-order valence-electron chi connectivity index (χ1n) is 10.6. The predicted molar refractivity (Wildman–Crippen MR) is 125 cm³/mol. The lowest BCUT2D eigenvalue weighted by atomic mass is 10.1. The van der Waals surface area contributed by atoms with E-state index in [1.807, 2.05) is 18.2 Å². The Hall–Kier alpha value is -3.80. The van der Waals surface area contributed by atoms with Crippen molar-refractivity contribution >= 4 is 33.5 Å². The highest BCUT2D eigenvalue weighted by atomic mass is 16.3. The summed E-state index contributed by atoms with van der Waals surface area (Å²) in [5, 5.41) is 6.55. The van der Waals surface area contributed by atoms with Crippen LogP contribution in [0, 0.1) is 6.92 Å². The van der Waals surface area contributed by atoms with Gasteiger partial charge >= 0.3 is 0 Å². The van der Waals surface area contributed by atoms with Gasteiger partial charge in [0.05, 0.1) is 11.8 Å². The Balaban J connectivity index is 1.81. The van der Waals surface area contributed by atoms with Gasteiger partial charge in [0.2, 0.25) is 11.3 Å². The maximum atomic E-state index is 6.42. The highest BCUT2D eigenvalue weighted by molar-refractivity contribution is 6.10. The number of hydrogen-bond acceptors (Lipinski definition) is 5. The number of benzene rings is 3. The molecule has 1 aliphatic carbocycles. The zero-order valence-electron chi connectivity index (χ0n) is 17.9. The van der Waals surface area contributed by atoms with E-state index in [-0.39, 0.29) is 0 Å². The molecule has 6 heteroatoms. The molecule has 0 amide bonds. The van der Waals surface area contributed by atoms with Gasteiger partial charge in [0, 0.05) is 35.3 Å². The topological polar surface area (TPSA) is 66.8 Å². The van der Waals surface area contributed by atoms with Crippen LogP contribution in [-0.2, 0) is 0 Å². The summed E-state index contributed by atoms with van der Waals surface area (Å²) in [7, 11) is 0.